The van der Waals surface area contributed by atoms with Gasteiger partial charge in [0.25, 0.3) is 5.91 Å². The summed E-state index contributed by atoms with van der Waals surface area (Å²) in [6.45, 7) is 10.3. The molecular formula is C29H40N3O6P. The molecule has 0 radical (unpaired) electrons. The normalized spacial score (nSPS) is 20.1. The van der Waals surface area contributed by atoms with Crippen molar-refractivity contribution in [2.75, 3.05) is 11.9 Å². The first-order chi connectivity index (χ1) is 18.3. The number of carbonyl (C=O) groups is 1. The van der Waals surface area contributed by atoms with Gasteiger partial charge in [-0.25, -0.2) is 5.16 Å². The SMILES string of the molecule is CC(C)=CCC/C(C)=C/CC/C(C)=C/CN1C(=O)c2cccc(O)c2NC2=C1C(C)C(O)C=C2OP(=N)(O)O. The molecule has 2 unspecified atom stereocenters. The second kappa shape index (κ2) is 12.8. The van der Waals surface area contributed by atoms with E-state index >= 15 is 0 Å². The summed E-state index contributed by atoms with van der Waals surface area (Å²) in [4.78, 5) is 34.7. The average Bonchev–Trinajstić information content (AvgIpc) is 2.95. The van der Waals surface area contributed by atoms with Crippen LogP contribution in [0.25, 0.3) is 0 Å². The minimum absolute atomic E-state index is 0.134. The summed E-state index contributed by atoms with van der Waals surface area (Å²) < 4.78 is 5.13. The van der Waals surface area contributed by atoms with Crippen LogP contribution < -0.4 is 5.32 Å². The summed E-state index contributed by atoms with van der Waals surface area (Å²) in [6.07, 6.45) is 10.3. The van der Waals surface area contributed by atoms with Crippen molar-refractivity contribution in [2.45, 2.75) is 66.4 Å². The highest BCUT2D eigenvalue weighted by atomic mass is 31.2. The first kappa shape index (κ1) is 30.4. The van der Waals surface area contributed by atoms with E-state index in [2.05, 4.69) is 38.2 Å². The van der Waals surface area contributed by atoms with Crippen LogP contribution in [0.2, 0.25) is 0 Å². The Morgan fingerprint density at radius 2 is 1.74 bits per heavy atom. The van der Waals surface area contributed by atoms with Gasteiger partial charge in [0.1, 0.15) is 11.4 Å². The van der Waals surface area contributed by atoms with Crippen LogP contribution in [0.4, 0.5) is 5.69 Å². The Hall–Kier alpha value is -3.10. The molecule has 0 saturated heterocycles. The Labute approximate surface area is 230 Å². The number of aromatic hydroxyl groups is 1. The maximum Gasteiger partial charge on any atom is 0.402 e. The summed E-state index contributed by atoms with van der Waals surface area (Å²) in [5.41, 5.74) is 4.64. The smallest absolute Gasteiger partial charge is 0.402 e. The molecule has 1 amide bonds. The van der Waals surface area contributed by atoms with Crippen LogP contribution in [-0.4, -0.2) is 43.5 Å². The lowest BCUT2D eigenvalue weighted by Crippen LogP contribution is -2.38. The number of nitrogens with one attached hydrogen (secondary N) is 2. The molecule has 0 fully saturated rings. The fourth-order valence-electron chi connectivity index (χ4n) is 4.61. The lowest BCUT2D eigenvalue weighted by atomic mass is 9.91. The number of aliphatic hydroxyl groups excluding tert-OH is 1. The van der Waals surface area contributed by atoms with Crippen molar-refractivity contribution in [3.05, 3.63) is 81.9 Å². The first-order valence-electron chi connectivity index (χ1n) is 13.1. The molecule has 1 aromatic carbocycles. The maximum atomic E-state index is 13.8. The van der Waals surface area contributed by atoms with Crippen LogP contribution in [0.15, 0.2) is 76.4 Å². The molecule has 3 rings (SSSR count). The Kier molecular flexibility index (Phi) is 10.0. The number of benzene rings is 1. The molecule has 1 aromatic rings. The van der Waals surface area contributed by atoms with E-state index in [0.29, 0.717) is 5.70 Å². The molecule has 10 heteroatoms. The molecule has 212 valence electrons. The third-order valence-corrected chi connectivity index (χ3v) is 7.25. The van der Waals surface area contributed by atoms with Gasteiger partial charge < -0.3 is 34.7 Å². The molecule has 2 atom stereocenters. The van der Waals surface area contributed by atoms with E-state index in [4.69, 9.17) is 9.69 Å². The third-order valence-electron chi connectivity index (χ3n) is 6.80. The zero-order valence-electron chi connectivity index (χ0n) is 23.2. The molecule has 0 aromatic heterocycles. The molecule has 6 N–H and O–H groups in total. The fourth-order valence-corrected chi connectivity index (χ4v) is 5.04. The molecule has 0 bridgehead atoms. The van der Waals surface area contributed by atoms with Crippen molar-refractivity contribution in [2.24, 2.45) is 5.92 Å². The van der Waals surface area contributed by atoms with Gasteiger partial charge in [-0.05, 0) is 71.6 Å². The van der Waals surface area contributed by atoms with Gasteiger partial charge in [0.05, 0.1) is 23.1 Å². The van der Waals surface area contributed by atoms with Crippen molar-refractivity contribution >= 4 is 19.3 Å². The number of allylic oxidation sites excluding steroid dienone is 5. The van der Waals surface area contributed by atoms with Gasteiger partial charge in [-0.3, -0.25) is 4.79 Å². The zero-order valence-corrected chi connectivity index (χ0v) is 24.1. The van der Waals surface area contributed by atoms with Crippen LogP contribution in [0.5, 0.6) is 5.75 Å². The number of para-hydroxylation sites is 1. The summed E-state index contributed by atoms with van der Waals surface area (Å²) >= 11 is 0. The number of carbonyl (C=O) groups excluding carboxylic acids is 1. The minimum atomic E-state index is -4.49. The van der Waals surface area contributed by atoms with Gasteiger partial charge in [0.2, 0.25) is 0 Å². The number of hydrogen-bond acceptors (Lipinski definition) is 6. The zero-order chi connectivity index (χ0) is 28.9. The van der Waals surface area contributed by atoms with Crippen molar-refractivity contribution in [3.8, 4) is 5.75 Å². The summed E-state index contributed by atoms with van der Waals surface area (Å²) in [6, 6.07) is 4.58. The van der Waals surface area contributed by atoms with Crippen LogP contribution in [-0.2, 0) is 4.52 Å². The van der Waals surface area contributed by atoms with E-state index in [9.17, 15) is 24.8 Å². The number of amides is 1. The van der Waals surface area contributed by atoms with Gasteiger partial charge in [-0.1, -0.05) is 47.9 Å². The number of phenols is 1. The number of nitrogens with zero attached hydrogens (tertiary/aromatic N) is 1. The van der Waals surface area contributed by atoms with E-state index in [1.165, 1.54) is 28.2 Å². The van der Waals surface area contributed by atoms with Gasteiger partial charge in [-0.2, -0.15) is 0 Å². The van der Waals surface area contributed by atoms with E-state index < -0.39 is 25.7 Å². The number of fused-ring (bicyclic) bond motifs is 1. The van der Waals surface area contributed by atoms with Crippen molar-refractivity contribution in [1.29, 1.82) is 5.16 Å². The van der Waals surface area contributed by atoms with Crippen molar-refractivity contribution < 1.29 is 29.3 Å². The predicted molar refractivity (Wildman–Crippen MR) is 154 cm³/mol. The number of rotatable bonds is 10. The Bertz CT molecular complexity index is 1300. The molecule has 0 spiro atoms. The summed E-state index contributed by atoms with van der Waals surface area (Å²) in [7, 11) is -4.49. The van der Waals surface area contributed by atoms with Crippen LogP contribution in [0.1, 0.15) is 70.7 Å². The number of anilines is 1. The average molecular weight is 558 g/mol. The van der Waals surface area contributed by atoms with Gasteiger partial charge in [0, 0.05) is 12.5 Å². The predicted octanol–water partition coefficient (Wildman–Crippen LogP) is 6.31. The Balaban J connectivity index is 1.92. The van der Waals surface area contributed by atoms with Crippen LogP contribution in [0.3, 0.4) is 0 Å². The van der Waals surface area contributed by atoms with Gasteiger partial charge in [0.15, 0.2) is 5.76 Å². The second-order valence-corrected chi connectivity index (χ2v) is 11.7. The fraction of sp³-hybridized carbons (Fsp3) is 0.414. The highest BCUT2D eigenvalue weighted by Crippen LogP contribution is 2.47. The maximum absolute atomic E-state index is 13.8. The number of phenolic OH excluding ortho intramolecular Hbond substituents is 1. The monoisotopic (exact) mass is 557 g/mol. The van der Waals surface area contributed by atoms with E-state index in [1.54, 1.807) is 19.1 Å². The van der Waals surface area contributed by atoms with E-state index in [0.717, 1.165) is 31.3 Å². The van der Waals surface area contributed by atoms with Crippen LogP contribution in [0, 0.1) is 11.1 Å². The Morgan fingerprint density at radius 1 is 1.10 bits per heavy atom. The summed E-state index contributed by atoms with van der Waals surface area (Å²) in [5, 5.41) is 31.8. The number of aliphatic hydroxyl groups is 1. The van der Waals surface area contributed by atoms with Gasteiger partial charge >= 0.3 is 7.74 Å². The van der Waals surface area contributed by atoms with E-state index in [-0.39, 0.29) is 35.0 Å². The molecule has 0 saturated carbocycles. The molecule has 39 heavy (non-hydrogen) atoms. The highest BCUT2D eigenvalue weighted by Gasteiger charge is 2.39. The molecule has 2 aliphatic rings. The second-order valence-electron chi connectivity index (χ2n) is 10.4. The van der Waals surface area contributed by atoms with Crippen LogP contribution >= 0.6 is 7.74 Å². The largest absolute Gasteiger partial charge is 0.506 e. The van der Waals surface area contributed by atoms with Crippen molar-refractivity contribution in [1.82, 2.24) is 4.90 Å². The summed E-state index contributed by atoms with van der Waals surface area (Å²) in [5.74, 6) is -1.31. The quantitative estimate of drug-likeness (QED) is 0.112. The number of hydrogen-bond donors (Lipinski definition) is 6. The minimum Gasteiger partial charge on any atom is -0.506 e. The third kappa shape index (κ3) is 7.96. The lowest BCUT2D eigenvalue weighted by molar-refractivity contribution is 0.0774. The van der Waals surface area contributed by atoms with Crippen molar-refractivity contribution in [3.63, 3.8) is 0 Å². The highest BCUT2D eigenvalue weighted by molar-refractivity contribution is 7.47. The van der Waals surface area contributed by atoms with Gasteiger partial charge in [-0.15, -0.1) is 0 Å². The molecule has 1 aliphatic heterocycles. The molecule has 1 heterocycles. The standard InChI is InChI=1S/C29H40N3O6P/c1-18(2)9-6-10-19(3)11-7-12-20(4)15-16-32-28-21(5)24(34)17-25(38-39(30,36)37)27(28)31-26-22(29(32)35)13-8-14-23(26)33/h8-9,11,13-15,17,21,24,31,33-34H,6-7,10,12,16H2,1-5H3,(H3,30,36,37)/b19-11+,20-15+. The first-order valence-corrected chi connectivity index (χ1v) is 14.7. The topological polar surface area (TPSA) is 146 Å². The lowest BCUT2D eigenvalue weighted by Gasteiger charge is -2.34. The molecule has 9 nitrogen and oxygen atoms in total. The van der Waals surface area contributed by atoms with E-state index in [1.807, 2.05) is 13.0 Å². The molecule has 1 aliphatic carbocycles. The molecular weight excluding hydrogens is 517 g/mol. The Morgan fingerprint density at radius 3 is 2.38 bits per heavy atom.